The monoisotopic (exact) mass is 260 g/mol. The highest BCUT2D eigenvalue weighted by Crippen LogP contribution is 2.19. The molecular weight excluding hydrogens is 251 g/mol. The van der Waals surface area contributed by atoms with Crippen molar-refractivity contribution in [3.05, 3.63) is 27.8 Å². The van der Waals surface area contributed by atoms with E-state index in [4.69, 9.17) is 5.41 Å². The number of halogens is 1. The summed E-state index contributed by atoms with van der Waals surface area (Å²) in [7, 11) is 1.87. The van der Waals surface area contributed by atoms with Crippen LogP contribution in [0.15, 0.2) is 24.3 Å². The van der Waals surface area contributed by atoms with Crippen LogP contribution in [0.5, 0.6) is 0 Å². The molecule has 0 fully saturated rings. The lowest BCUT2D eigenvalue weighted by Gasteiger charge is -2.13. The number of para-hydroxylation sites is 1. The van der Waals surface area contributed by atoms with Gasteiger partial charge in [0.05, 0.1) is 12.0 Å². The van der Waals surface area contributed by atoms with Crippen molar-refractivity contribution in [3.63, 3.8) is 0 Å². The number of nitrogens with one attached hydrogen (secondary N) is 1. The van der Waals surface area contributed by atoms with Gasteiger partial charge in [0.15, 0.2) is 0 Å². The number of hydrogen-bond donors (Lipinski definition) is 1. The first kappa shape index (κ1) is 8.52. The molecule has 58 valence electrons. The summed E-state index contributed by atoms with van der Waals surface area (Å²) in [5.74, 6) is 0. The van der Waals surface area contributed by atoms with Crippen molar-refractivity contribution < 1.29 is 0 Å². The predicted octanol–water partition coefficient (Wildman–Crippen LogP) is 2.33. The molecule has 0 aliphatic carbocycles. The van der Waals surface area contributed by atoms with Gasteiger partial charge in [-0.1, -0.05) is 12.1 Å². The minimum absolute atomic E-state index is 1.07. The molecule has 3 heteroatoms. The van der Waals surface area contributed by atoms with Gasteiger partial charge in [0.25, 0.3) is 0 Å². The van der Waals surface area contributed by atoms with Crippen molar-refractivity contribution in [2.24, 2.45) is 0 Å². The molecule has 1 aromatic rings. The van der Waals surface area contributed by atoms with Crippen molar-refractivity contribution in [1.29, 1.82) is 5.41 Å². The van der Waals surface area contributed by atoms with E-state index in [1.54, 1.807) is 4.90 Å². The Labute approximate surface area is 79.9 Å². The minimum atomic E-state index is 1.07. The Morgan fingerprint density at radius 2 is 2.09 bits per heavy atom. The summed E-state index contributed by atoms with van der Waals surface area (Å²) >= 11 is 2.25. The third-order valence-electron chi connectivity index (χ3n) is 1.43. The van der Waals surface area contributed by atoms with Crippen LogP contribution in [0.4, 0.5) is 5.69 Å². The van der Waals surface area contributed by atoms with Crippen molar-refractivity contribution in [1.82, 2.24) is 0 Å². The van der Waals surface area contributed by atoms with Gasteiger partial charge in [-0.2, -0.15) is 0 Å². The van der Waals surface area contributed by atoms with Gasteiger partial charge in [-0.3, -0.25) is 5.41 Å². The zero-order valence-corrected chi connectivity index (χ0v) is 8.37. The number of rotatable bonds is 2. The summed E-state index contributed by atoms with van der Waals surface area (Å²) in [5, 5.41) is 7.04. The first-order valence-corrected chi connectivity index (χ1v) is 4.31. The summed E-state index contributed by atoms with van der Waals surface area (Å²) in [6.07, 6.45) is 1.30. The molecule has 0 amide bonds. The van der Waals surface area contributed by atoms with Crippen LogP contribution in [0.3, 0.4) is 0 Å². The zero-order valence-electron chi connectivity index (χ0n) is 6.21. The second-order valence-electron chi connectivity index (χ2n) is 2.19. The van der Waals surface area contributed by atoms with Gasteiger partial charge < -0.3 is 4.90 Å². The molecule has 0 atom stereocenters. The zero-order chi connectivity index (χ0) is 8.27. The van der Waals surface area contributed by atoms with Crippen molar-refractivity contribution >= 4 is 34.6 Å². The Kier molecular flexibility index (Phi) is 2.87. The van der Waals surface area contributed by atoms with Crippen LogP contribution in [0, 0.1) is 8.98 Å². The lowest BCUT2D eigenvalue weighted by molar-refractivity contribution is 1.26. The van der Waals surface area contributed by atoms with Crippen LogP contribution in [-0.4, -0.2) is 13.4 Å². The van der Waals surface area contributed by atoms with Gasteiger partial charge in [0.1, 0.15) is 0 Å². The number of anilines is 1. The summed E-state index contributed by atoms with van der Waals surface area (Å²) in [5.41, 5.74) is 1.07. The fraction of sp³-hybridized carbons (Fsp3) is 0.125. The van der Waals surface area contributed by atoms with E-state index in [9.17, 15) is 0 Å². The van der Waals surface area contributed by atoms with Crippen molar-refractivity contribution in [2.75, 3.05) is 11.9 Å². The third kappa shape index (κ3) is 1.92. The molecule has 0 unspecified atom stereocenters. The second-order valence-corrected chi connectivity index (χ2v) is 3.35. The Hall–Kier alpha value is -0.580. The number of nitrogens with zero attached hydrogens (tertiary/aromatic N) is 1. The SMILES string of the molecule is CN(C=N)c1ccccc1I. The molecule has 1 N–H and O–H groups in total. The maximum absolute atomic E-state index is 7.04. The lowest BCUT2D eigenvalue weighted by atomic mass is 10.3. The second kappa shape index (κ2) is 3.71. The van der Waals surface area contributed by atoms with Crippen LogP contribution < -0.4 is 4.90 Å². The van der Waals surface area contributed by atoms with Crippen LogP contribution in [0.2, 0.25) is 0 Å². The van der Waals surface area contributed by atoms with Crippen LogP contribution >= 0.6 is 22.6 Å². The molecule has 1 aromatic carbocycles. The average molecular weight is 260 g/mol. The first-order chi connectivity index (χ1) is 5.25. The van der Waals surface area contributed by atoms with Gasteiger partial charge in [-0.05, 0) is 34.7 Å². The minimum Gasteiger partial charge on any atom is -0.335 e. The van der Waals surface area contributed by atoms with Crippen LogP contribution in [0.1, 0.15) is 0 Å². The number of hydrogen-bond acceptors (Lipinski definition) is 1. The van der Waals surface area contributed by atoms with Gasteiger partial charge in [0, 0.05) is 10.6 Å². The van der Waals surface area contributed by atoms with Gasteiger partial charge in [-0.25, -0.2) is 0 Å². The quantitative estimate of drug-likeness (QED) is 0.493. The van der Waals surface area contributed by atoms with Gasteiger partial charge >= 0.3 is 0 Å². The van der Waals surface area contributed by atoms with E-state index in [-0.39, 0.29) is 0 Å². The topological polar surface area (TPSA) is 27.1 Å². The average Bonchev–Trinajstić information content (AvgIpc) is 2.04. The normalized spacial score (nSPS) is 9.27. The molecule has 1 rings (SSSR count). The summed E-state index contributed by atoms with van der Waals surface area (Å²) in [6, 6.07) is 7.98. The number of benzene rings is 1. The molecule has 0 spiro atoms. The van der Waals surface area contributed by atoms with E-state index in [1.807, 2.05) is 31.3 Å². The molecule has 0 saturated heterocycles. The molecule has 0 radical (unpaired) electrons. The summed E-state index contributed by atoms with van der Waals surface area (Å²) < 4.78 is 1.16. The van der Waals surface area contributed by atoms with E-state index in [0.29, 0.717) is 0 Å². The fourth-order valence-electron chi connectivity index (χ4n) is 0.807. The highest BCUT2D eigenvalue weighted by Gasteiger charge is 1.99. The summed E-state index contributed by atoms with van der Waals surface area (Å²) in [4.78, 5) is 1.78. The molecule has 0 saturated carbocycles. The largest absolute Gasteiger partial charge is 0.335 e. The molecule has 0 aromatic heterocycles. The van der Waals surface area contributed by atoms with E-state index < -0.39 is 0 Å². The van der Waals surface area contributed by atoms with E-state index in [0.717, 1.165) is 9.26 Å². The molecule has 11 heavy (non-hydrogen) atoms. The molecule has 0 heterocycles. The van der Waals surface area contributed by atoms with Gasteiger partial charge in [-0.15, -0.1) is 0 Å². The summed E-state index contributed by atoms with van der Waals surface area (Å²) in [6.45, 7) is 0. The molecular formula is C8H9IN2. The fourth-order valence-corrected chi connectivity index (χ4v) is 1.58. The predicted molar refractivity (Wildman–Crippen MR) is 56.3 cm³/mol. The molecule has 0 aliphatic rings. The van der Waals surface area contributed by atoms with Crippen molar-refractivity contribution in [3.8, 4) is 0 Å². The third-order valence-corrected chi connectivity index (χ3v) is 2.34. The Balaban J connectivity index is 3.02. The Morgan fingerprint density at radius 3 is 2.64 bits per heavy atom. The van der Waals surface area contributed by atoms with Crippen LogP contribution in [0.25, 0.3) is 0 Å². The highest BCUT2D eigenvalue weighted by atomic mass is 127. The van der Waals surface area contributed by atoms with E-state index in [2.05, 4.69) is 22.6 Å². The van der Waals surface area contributed by atoms with E-state index >= 15 is 0 Å². The maximum atomic E-state index is 7.04. The molecule has 0 aliphatic heterocycles. The first-order valence-electron chi connectivity index (χ1n) is 3.23. The molecule has 2 nitrogen and oxygen atoms in total. The molecule has 0 bridgehead atoms. The lowest BCUT2D eigenvalue weighted by Crippen LogP contribution is -2.14. The van der Waals surface area contributed by atoms with Crippen molar-refractivity contribution in [2.45, 2.75) is 0 Å². The maximum Gasteiger partial charge on any atom is 0.0859 e. The van der Waals surface area contributed by atoms with Gasteiger partial charge in [0.2, 0.25) is 0 Å². The van der Waals surface area contributed by atoms with E-state index in [1.165, 1.54) is 6.34 Å². The highest BCUT2D eigenvalue weighted by molar-refractivity contribution is 14.1. The Morgan fingerprint density at radius 1 is 1.45 bits per heavy atom. The standard InChI is InChI=1S/C8H9IN2/c1-11(6-10)8-5-3-2-4-7(8)9/h2-6,10H,1H3. The smallest absolute Gasteiger partial charge is 0.0859 e. The Bertz CT molecular complexity index is 260. The van der Waals surface area contributed by atoms with Crippen LogP contribution in [-0.2, 0) is 0 Å².